The third kappa shape index (κ3) is 4.51. The number of fused-ring (bicyclic) bond motifs is 1. The van der Waals surface area contributed by atoms with Crippen LogP contribution in [0.4, 0.5) is 0 Å². The molecule has 1 aliphatic heterocycles. The Morgan fingerprint density at radius 1 is 1.07 bits per heavy atom. The summed E-state index contributed by atoms with van der Waals surface area (Å²) in [5.41, 5.74) is 3.95. The number of nitrogens with zero attached hydrogens (tertiary/aromatic N) is 2. The number of aromatic nitrogens is 2. The summed E-state index contributed by atoms with van der Waals surface area (Å²) in [6.45, 7) is 1.32. The van der Waals surface area contributed by atoms with Gasteiger partial charge in [0.25, 0.3) is 5.56 Å². The molecule has 1 aromatic heterocycles. The summed E-state index contributed by atoms with van der Waals surface area (Å²) in [7, 11) is 0. The van der Waals surface area contributed by atoms with Crippen LogP contribution in [-0.4, -0.2) is 27.3 Å². The Morgan fingerprint density at radius 2 is 1.82 bits per heavy atom. The second-order valence-corrected chi connectivity index (χ2v) is 7.79. The number of H-pyrrole nitrogens is 1. The van der Waals surface area contributed by atoms with Crippen LogP contribution in [-0.2, 0) is 29.9 Å². The number of rotatable bonds is 5. The first kappa shape index (κ1) is 18.5. The predicted octanol–water partition coefficient (Wildman–Crippen LogP) is 3.19. The molecule has 0 atom stereocenters. The van der Waals surface area contributed by atoms with Gasteiger partial charge in [0.15, 0.2) is 5.16 Å². The van der Waals surface area contributed by atoms with Crippen LogP contribution in [0.25, 0.3) is 0 Å². The van der Waals surface area contributed by atoms with E-state index >= 15 is 0 Å². The third-order valence-corrected chi connectivity index (χ3v) is 5.75. The maximum absolute atomic E-state index is 12.7. The zero-order chi connectivity index (χ0) is 19.3. The standard InChI is InChI=1S/C22H21N3O2S/c26-20-12-19(23-22(24-20)28-15-16-6-2-1-3-7-16)13-21(27)25-11-10-17-8-4-5-9-18(17)14-25/h1-9,12H,10-11,13-15H2,(H,23,24,26). The molecule has 4 rings (SSSR count). The normalized spacial score (nSPS) is 13.2. The van der Waals surface area contributed by atoms with Crippen molar-refractivity contribution in [2.45, 2.75) is 30.3 Å². The second kappa shape index (κ2) is 8.44. The minimum Gasteiger partial charge on any atom is -0.338 e. The summed E-state index contributed by atoms with van der Waals surface area (Å²) in [5, 5.41) is 0.545. The first-order valence-electron chi connectivity index (χ1n) is 9.29. The molecule has 0 radical (unpaired) electrons. The zero-order valence-corrected chi connectivity index (χ0v) is 16.2. The third-order valence-electron chi connectivity index (χ3n) is 4.81. The van der Waals surface area contributed by atoms with Gasteiger partial charge in [-0.15, -0.1) is 0 Å². The number of hydrogen-bond acceptors (Lipinski definition) is 4. The van der Waals surface area contributed by atoms with Gasteiger partial charge in [-0.25, -0.2) is 4.98 Å². The Kier molecular flexibility index (Phi) is 5.58. The monoisotopic (exact) mass is 391 g/mol. The van der Waals surface area contributed by atoms with Crippen LogP contribution in [0.15, 0.2) is 70.6 Å². The molecule has 1 aliphatic rings. The SMILES string of the molecule is O=C(Cc1cc(=O)[nH]c(SCc2ccccc2)n1)N1CCc2ccccc2C1. The topological polar surface area (TPSA) is 66.1 Å². The Morgan fingerprint density at radius 3 is 2.64 bits per heavy atom. The highest BCUT2D eigenvalue weighted by Gasteiger charge is 2.21. The molecule has 1 N–H and O–H groups in total. The first-order valence-corrected chi connectivity index (χ1v) is 10.3. The minimum atomic E-state index is -0.225. The van der Waals surface area contributed by atoms with Gasteiger partial charge in [-0.2, -0.15) is 0 Å². The van der Waals surface area contributed by atoms with Gasteiger partial charge < -0.3 is 9.88 Å². The molecular weight excluding hydrogens is 370 g/mol. The number of amides is 1. The molecule has 0 spiro atoms. The van der Waals surface area contributed by atoms with E-state index < -0.39 is 0 Å². The molecule has 28 heavy (non-hydrogen) atoms. The Labute approximate surface area is 167 Å². The van der Waals surface area contributed by atoms with Gasteiger partial charge in [0.2, 0.25) is 5.91 Å². The van der Waals surface area contributed by atoms with Gasteiger partial charge in [-0.3, -0.25) is 9.59 Å². The molecule has 2 aromatic carbocycles. The van der Waals surface area contributed by atoms with E-state index in [1.807, 2.05) is 47.4 Å². The zero-order valence-electron chi connectivity index (χ0n) is 15.4. The summed E-state index contributed by atoms with van der Waals surface area (Å²) < 4.78 is 0. The molecule has 142 valence electrons. The quantitative estimate of drug-likeness (QED) is 0.536. The van der Waals surface area contributed by atoms with Crippen molar-refractivity contribution < 1.29 is 4.79 Å². The molecule has 6 heteroatoms. The van der Waals surface area contributed by atoms with Crippen molar-refractivity contribution in [3.63, 3.8) is 0 Å². The van der Waals surface area contributed by atoms with Gasteiger partial charge in [0.05, 0.1) is 12.1 Å². The van der Waals surface area contributed by atoms with Crippen LogP contribution in [0.2, 0.25) is 0 Å². The molecule has 0 saturated carbocycles. The second-order valence-electron chi connectivity index (χ2n) is 6.83. The Hall–Kier alpha value is -2.86. The largest absolute Gasteiger partial charge is 0.338 e. The van der Waals surface area contributed by atoms with Crippen LogP contribution >= 0.6 is 11.8 Å². The molecule has 0 aliphatic carbocycles. The highest BCUT2D eigenvalue weighted by molar-refractivity contribution is 7.98. The van der Waals surface area contributed by atoms with Crippen molar-refractivity contribution in [3.8, 4) is 0 Å². The maximum Gasteiger partial charge on any atom is 0.251 e. The van der Waals surface area contributed by atoms with Gasteiger partial charge >= 0.3 is 0 Å². The first-order chi connectivity index (χ1) is 13.7. The van der Waals surface area contributed by atoms with Gasteiger partial charge in [0.1, 0.15) is 0 Å². The number of carbonyl (C=O) groups excluding carboxylic acids is 1. The summed E-state index contributed by atoms with van der Waals surface area (Å²) in [6, 6.07) is 19.6. The molecule has 2 heterocycles. The van der Waals surface area contributed by atoms with Crippen molar-refractivity contribution in [3.05, 3.63) is 93.4 Å². The van der Waals surface area contributed by atoms with E-state index in [-0.39, 0.29) is 17.9 Å². The number of carbonyl (C=O) groups is 1. The van der Waals surface area contributed by atoms with Crippen molar-refractivity contribution in [1.29, 1.82) is 0 Å². The van der Waals surface area contributed by atoms with Gasteiger partial charge in [0, 0.05) is 24.9 Å². The molecule has 0 unspecified atom stereocenters. The lowest BCUT2D eigenvalue weighted by Gasteiger charge is -2.28. The van der Waals surface area contributed by atoms with E-state index in [2.05, 4.69) is 22.1 Å². The highest BCUT2D eigenvalue weighted by Crippen LogP contribution is 2.20. The van der Waals surface area contributed by atoms with E-state index in [0.717, 1.165) is 12.0 Å². The lowest BCUT2D eigenvalue weighted by Crippen LogP contribution is -2.37. The van der Waals surface area contributed by atoms with Gasteiger partial charge in [-0.1, -0.05) is 66.4 Å². The average Bonchev–Trinajstić information content (AvgIpc) is 2.72. The number of nitrogens with one attached hydrogen (secondary N) is 1. The average molecular weight is 391 g/mol. The predicted molar refractivity (Wildman–Crippen MR) is 110 cm³/mol. The fraction of sp³-hybridized carbons (Fsp3) is 0.227. The van der Waals surface area contributed by atoms with Gasteiger partial charge in [-0.05, 0) is 23.1 Å². The number of thioether (sulfide) groups is 1. The van der Waals surface area contributed by atoms with Crippen LogP contribution in [0.1, 0.15) is 22.4 Å². The van der Waals surface area contributed by atoms with Crippen LogP contribution in [0.3, 0.4) is 0 Å². The fourth-order valence-corrected chi connectivity index (χ4v) is 4.19. The Bertz CT molecular complexity index is 1030. The smallest absolute Gasteiger partial charge is 0.251 e. The molecular formula is C22H21N3O2S. The van der Waals surface area contributed by atoms with E-state index in [9.17, 15) is 9.59 Å². The highest BCUT2D eigenvalue weighted by atomic mass is 32.2. The maximum atomic E-state index is 12.7. The van der Waals surface area contributed by atoms with Crippen molar-refractivity contribution in [2.75, 3.05) is 6.54 Å². The summed E-state index contributed by atoms with van der Waals surface area (Å²) in [6.07, 6.45) is 1.01. The lowest BCUT2D eigenvalue weighted by molar-refractivity contribution is -0.131. The summed E-state index contributed by atoms with van der Waals surface area (Å²) in [5.74, 6) is 0.719. The molecule has 3 aromatic rings. The number of benzene rings is 2. The summed E-state index contributed by atoms with van der Waals surface area (Å²) >= 11 is 1.46. The molecule has 5 nitrogen and oxygen atoms in total. The Balaban J connectivity index is 1.42. The lowest BCUT2D eigenvalue weighted by atomic mass is 9.99. The molecule has 1 amide bonds. The van der Waals surface area contributed by atoms with Crippen molar-refractivity contribution in [2.24, 2.45) is 0 Å². The van der Waals surface area contributed by atoms with Crippen molar-refractivity contribution >= 4 is 17.7 Å². The van der Waals surface area contributed by atoms with E-state index in [4.69, 9.17) is 0 Å². The number of aromatic amines is 1. The van der Waals surface area contributed by atoms with Crippen LogP contribution in [0.5, 0.6) is 0 Å². The van der Waals surface area contributed by atoms with Crippen LogP contribution in [0, 0.1) is 0 Å². The molecule has 0 bridgehead atoms. The molecule has 0 fully saturated rings. The minimum absolute atomic E-state index is 0.00612. The van der Waals surface area contributed by atoms with E-state index in [1.54, 1.807) is 0 Å². The molecule has 0 saturated heterocycles. The van der Waals surface area contributed by atoms with Crippen molar-refractivity contribution in [1.82, 2.24) is 14.9 Å². The summed E-state index contributed by atoms with van der Waals surface area (Å²) in [4.78, 5) is 33.8. The fourth-order valence-electron chi connectivity index (χ4n) is 3.34. The van der Waals surface area contributed by atoms with E-state index in [0.29, 0.717) is 29.7 Å². The number of hydrogen-bond donors (Lipinski definition) is 1. The van der Waals surface area contributed by atoms with Crippen LogP contribution < -0.4 is 5.56 Å². The van der Waals surface area contributed by atoms with E-state index in [1.165, 1.54) is 29.0 Å².